The SMILES string of the molecule is CCOC(=O)C1=C(C)Nc2nc(SCc3cccc(C)c3)nn2[C@H]1c1ccc([N+](=O)[O-])cc1. The Morgan fingerprint density at radius 1 is 1.24 bits per heavy atom. The van der Waals surface area contributed by atoms with Gasteiger partial charge in [-0.15, -0.1) is 5.10 Å². The number of hydrogen-bond acceptors (Lipinski definition) is 8. The van der Waals surface area contributed by atoms with Crippen molar-refractivity contribution < 1.29 is 14.5 Å². The fourth-order valence-electron chi connectivity index (χ4n) is 3.70. The van der Waals surface area contributed by atoms with E-state index in [1.807, 2.05) is 19.1 Å². The van der Waals surface area contributed by atoms with Crippen LogP contribution in [0.2, 0.25) is 0 Å². The standard InChI is InChI=1S/C23H23N5O4S/c1-4-32-21(29)19-15(3)24-22-25-23(33-13-16-7-5-6-14(2)12-16)26-27(22)20(19)17-8-10-18(11-9-17)28(30)31/h5-12,20H,4,13H2,1-3H3,(H,24,25,26)/t20-/m0/s1. The minimum Gasteiger partial charge on any atom is -0.463 e. The number of nitrogens with one attached hydrogen (secondary N) is 1. The molecule has 4 rings (SSSR count). The van der Waals surface area contributed by atoms with Crippen LogP contribution in [0.1, 0.15) is 36.6 Å². The third kappa shape index (κ3) is 4.75. The van der Waals surface area contributed by atoms with Gasteiger partial charge in [-0.3, -0.25) is 10.1 Å². The molecule has 0 unspecified atom stereocenters. The molecule has 2 heterocycles. The van der Waals surface area contributed by atoms with E-state index in [0.29, 0.717) is 33.7 Å². The van der Waals surface area contributed by atoms with E-state index in [-0.39, 0.29) is 12.3 Å². The maximum absolute atomic E-state index is 12.8. The summed E-state index contributed by atoms with van der Waals surface area (Å²) in [6.07, 6.45) is 0. The maximum atomic E-state index is 12.8. The lowest BCUT2D eigenvalue weighted by Crippen LogP contribution is -2.29. The number of aryl methyl sites for hydroxylation is 1. The Morgan fingerprint density at radius 2 is 2.00 bits per heavy atom. The molecule has 0 fully saturated rings. The highest BCUT2D eigenvalue weighted by Gasteiger charge is 2.35. The summed E-state index contributed by atoms with van der Waals surface area (Å²) >= 11 is 1.49. The third-order valence-corrected chi connectivity index (χ3v) is 6.11. The van der Waals surface area contributed by atoms with Crippen molar-refractivity contribution in [2.24, 2.45) is 0 Å². The smallest absolute Gasteiger partial charge is 0.338 e. The molecular formula is C23H23N5O4S. The zero-order chi connectivity index (χ0) is 23.5. The number of allylic oxidation sites excluding steroid dienone is 1. The Hall–Kier alpha value is -3.66. The van der Waals surface area contributed by atoms with Crippen LogP contribution >= 0.6 is 11.8 Å². The van der Waals surface area contributed by atoms with Crippen molar-refractivity contribution in [3.05, 3.63) is 86.6 Å². The largest absolute Gasteiger partial charge is 0.463 e. The van der Waals surface area contributed by atoms with Gasteiger partial charge in [-0.1, -0.05) is 41.6 Å². The fourth-order valence-corrected chi connectivity index (χ4v) is 4.47. The molecule has 1 atom stereocenters. The van der Waals surface area contributed by atoms with Crippen molar-refractivity contribution in [2.75, 3.05) is 11.9 Å². The topological polar surface area (TPSA) is 112 Å². The van der Waals surface area contributed by atoms with E-state index in [4.69, 9.17) is 4.74 Å². The normalized spacial score (nSPS) is 15.1. The number of benzene rings is 2. The summed E-state index contributed by atoms with van der Waals surface area (Å²) in [5.74, 6) is 0.724. The predicted molar refractivity (Wildman–Crippen MR) is 125 cm³/mol. The zero-order valence-corrected chi connectivity index (χ0v) is 19.3. The number of fused-ring (bicyclic) bond motifs is 1. The van der Waals surface area contributed by atoms with E-state index < -0.39 is 16.9 Å². The number of rotatable bonds is 7. The quantitative estimate of drug-likeness (QED) is 0.232. The molecule has 2 aromatic carbocycles. The van der Waals surface area contributed by atoms with E-state index in [1.165, 1.54) is 29.5 Å². The van der Waals surface area contributed by atoms with E-state index in [9.17, 15) is 14.9 Å². The van der Waals surface area contributed by atoms with Crippen LogP contribution in [-0.2, 0) is 15.3 Å². The Morgan fingerprint density at radius 3 is 2.67 bits per heavy atom. The second-order valence-electron chi connectivity index (χ2n) is 7.58. The molecule has 0 amide bonds. The molecule has 0 saturated heterocycles. The summed E-state index contributed by atoms with van der Waals surface area (Å²) in [6.45, 7) is 5.80. The van der Waals surface area contributed by atoms with Crippen molar-refractivity contribution in [1.29, 1.82) is 0 Å². The van der Waals surface area contributed by atoms with Crippen LogP contribution < -0.4 is 5.32 Å². The van der Waals surface area contributed by atoms with Gasteiger partial charge in [-0.2, -0.15) is 4.98 Å². The first-order valence-electron chi connectivity index (χ1n) is 10.4. The highest BCUT2D eigenvalue weighted by atomic mass is 32.2. The molecule has 1 aromatic heterocycles. The van der Waals surface area contributed by atoms with Crippen LogP contribution in [0.3, 0.4) is 0 Å². The van der Waals surface area contributed by atoms with Crippen molar-refractivity contribution in [3.63, 3.8) is 0 Å². The average Bonchev–Trinajstić information content (AvgIpc) is 3.19. The second kappa shape index (κ2) is 9.45. The van der Waals surface area contributed by atoms with Crippen LogP contribution in [0.25, 0.3) is 0 Å². The van der Waals surface area contributed by atoms with Gasteiger partial charge in [0.25, 0.3) is 5.69 Å². The van der Waals surface area contributed by atoms with Gasteiger partial charge in [-0.25, -0.2) is 9.48 Å². The number of nitro groups is 1. The molecule has 0 aliphatic carbocycles. The van der Waals surface area contributed by atoms with Crippen molar-refractivity contribution in [2.45, 2.75) is 37.7 Å². The molecule has 0 radical (unpaired) electrons. The van der Waals surface area contributed by atoms with Gasteiger partial charge in [0.1, 0.15) is 6.04 Å². The molecular weight excluding hydrogens is 442 g/mol. The summed E-state index contributed by atoms with van der Waals surface area (Å²) in [4.78, 5) is 28.1. The molecule has 0 saturated carbocycles. The molecule has 1 aliphatic heterocycles. The van der Waals surface area contributed by atoms with E-state index in [2.05, 4.69) is 27.5 Å². The summed E-state index contributed by atoms with van der Waals surface area (Å²) in [6, 6.07) is 13.7. The molecule has 3 aromatic rings. The Bertz CT molecular complexity index is 1240. The average molecular weight is 466 g/mol. The molecule has 0 spiro atoms. The number of nitrogens with zero attached hydrogens (tertiary/aromatic N) is 4. The van der Waals surface area contributed by atoms with Crippen LogP contribution in [0.5, 0.6) is 0 Å². The lowest BCUT2D eigenvalue weighted by atomic mass is 9.95. The van der Waals surface area contributed by atoms with Gasteiger partial charge >= 0.3 is 5.97 Å². The summed E-state index contributed by atoms with van der Waals surface area (Å²) in [5.41, 5.74) is 3.98. The number of ether oxygens (including phenoxy) is 1. The van der Waals surface area contributed by atoms with Gasteiger partial charge < -0.3 is 10.1 Å². The molecule has 0 bridgehead atoms. The number of thioether (sulfide) groups is 1. The van der Waals surface area contributed by atoms with Gasteiger partial charge in [0.15, 0.2) is 0 Å². The van der Waals surface area contributed by atoms with E-state index in [0.717, 1.165) is 5.56 Å². The highest BCUT2D eigenvalue weighted by molar-refractivity contribution is 7.98. The number of non-ortho nitro benzene ring substituents is 1. The van der Waals surface area contributed by atoms with Crippen molar-refractivity contribution in [3.8, 4) is 0 Å². The van der Waals surface area contributed by atoms with Crippen molar-refractivity contribution in [1.82, 2.24) is 14.8 Å². The highest BCUT2D eigenvalue weighted by Crippen LogP contribution is 2.37. The van der Waals surface area contributed by atoms with Crippen LogP contribution in [0.15, 0.2) is 65.0 Å². The van der Waals surface area contributed by atoms with Crippen molar-refractivity contribution >= 4 is 29.4 Å². The van der Waals surface area contributed by atoms with Crippen LogP contribution in [0, 0.1) is 17.0 Å². The van der Waals surface area contributed by atoms with Gasteiger partial charge in [0.05, 0.1) is 17.1 Å². The molecule has 33 heavy (non-hydrogen) atoms. The van der Waals surface area contributed by atoms with Gasteiger partial charge in [0.2, 0.25) is 11.1 Å². The first-order chi connectivity index (χ1) is 15.9. The molecule has 10 heteroatoms. The summed E-state index contributed by atoms with van der Waals surface area (Å²) < 4.78 is 6.93. The Kier molecular flexibility index (Phi) is 6.45. The van der Waals surface area contributed by atoms with Gasteiger partial charge in [0, 0.05) is 23.6 Å². The lowest BCUT2D eigenvalue weighted by Gasteiger charge is -2.28. The van der Waals surface area contributed by atoms with E-state index >= 15 is 0 Å². The van der Waals surface area contributed by atoms with Crippen LogP contribution in [0.4, 0.5) is 11.6 Å². The summed E-state index contributed by atoms with van der Waals surface area (Å²) in [7, 11) is 0. The molecule has 1 N–H and O–H groups in total. The number of aromatic nitrogens is 3. The minimum atomic E-state index is -0.623. The fraction of sp³-hybridized carbons (Fsp3) is 0.261. The van der Waals surface area contributed by atoms with E-state index in [1.54, 1.807) is 30.7 Å². The number of carbonyl (C=O) groups excluding carboxylic acids is 1. The first kappa shape index (κ1) is 22.5. The lowest BCUT2D eigenvalue weighted by molar-refractivity contribution is -0.384. The van der Waals surface area contributed by atoms with Gasteiger partial charge in [-0.05, 0) is 44.0 Å². The first-order valence-corrected chi connectivity index (χ1v) is 11.4. The molecule has 9 nitrogen and oxygen atoms in total. The van der Waals surface area contributed by atoms with Crippen LogP contribution in [-0.4, -0.2) is 32.3 Å². The second-order valence-corrected chi connectivity index (χ2v) is 8.52. The number of anilines is 1. The predicted octanol–water partition coefficient (Wildman–Crippen LogP) is 4.64. The number of carbonyl (C=O) groups is 1. The molecule has 1 aliphatic rings. The zero-order valence-electron chi connectivity index (χ0n) is 18.4. The summed E-state index contributed by atoms with van der Waals surface area (Å²) in [5, 5.41) is 19.5. The maximum Gasteiger partial charge on any atom is 0.338 e. The molecule has 170 valence electrons. The number of esters is 1. The Labute approximate surface area is 195 Å². The monoisotopic (exact) mass is 465 g/mol. The third-order valence-electron chi connectivity index (χ3n) is 5.20. The minimum absolute atomic E-state index is 0.0284. The Balaban J connectivity index is 1.70. The number of nitro benzene ring substituents is 1. The number of hydrogen-bond donors (Lipinski definition) is 1.